The molecule has 0 atom stereocenters. The molecular weight excluding hydrogens is 351 g/mol. The zero-order chi connectivity index (χ0) is 12.7. The number of halogens is 1. The SMILES string of the molecule is Cc1cc2nc(-c3cc[n+](C)cc3)oc2cc1C.[I-]. The van der Waals surface area contributed by atoms with Gasteiger partial charge in [-0.2, -0.15) is 0 Å². The molecule has 0 aliphatic heterocycles. The van der Waals surface area contributed by atoms with Crippen molar-refractivity contribution in [2.75, 3.05) is 0 Å². The minimum atomic E-state index is 0. The number of hydrogen-bond donors (Lipinski definition) is 0. The van der Waals surface area contributed by atoms with Gasteiger partial charge in [-0.1, -0.05) is 0 Å². The lowest BCUT2D eigenvalue weighted by Crippen LogP contribution is -3.00. The number of fused-ring (bicyclic) bond motifs is 1. The Morgan fingerprint density at radius 1 is 1.05 bits per heavy atom. The van der Waals surface area contributed by atoms with E-state index in [0.29, 0.717) is 5.89 Å². The number of aryl methyl sites for hydroxylation is 3. The van der Waals surface area contributed by atoms with Crippen molar-refractivity contribution in [3.63, 3.8) is 0 Å². The van der Waals surface area contributed by atoms with Crippen LogP contribution in [0.15, 0.2) is 41.1 Å². The lowest BCUT2D eigenvalue weighted by Gasteiger charge is -1.96. The molecule has 0 unspecified atom stereocenters. The molecule has 0 spiro atoms. The van der Waals surface area contributed by atoms with Gasteiger partial charge in [-0.15, -0.1) is 0 Å². The molecule has 0 bridgehead atoms. The number of rotatable bonds is 1. The largest absolute Gasteiger partial charge is 1.00 e. The van der Waals surface area contributed by atoms with Crippen LogP contribution in [-0.2, 0) is 7.05 Å². The molecule has 1 aromatic carbocycles. The molecule has 0 saturated carbocycles. The van der Waals surface area contributed by atoms with Gasteiger partial charge in [0.25, 0.3) is 0 Å². The van der Waals surface area contributed by atoms with Crippen LogP contribution >= 0.6 is 0 Å². The van der Waals surface area contributed by atoms with Gasteiger partial charge >= 0.3 is 0 Å². The van der Waals surface area contributed by atoms with Crippen LogP contribution in [0.25, 0.3) is 22.6 Å². The molecule has 3 rings (SSSR count). The monoisotopic (exact) mass is 366 g/mol. The third kappa shape index (κ3) is 2.63. The molecule has 98 valence electrons. The van der Waals surface area contributed by atoms with Crippen LogP contribution in [0.2, 0.25) is 0 Å². The van der Waals surface area contributed by atoms with E-state index in [1.165, 1.54) is 11.1 Å². The third-order valence-electron chi connectivity index (χ3n) is 3.23. The summed E-state index contributed by atoms with van der Waals surface area (Å²) in [6.07, 6.45) is 3.97. The Balaban J connectivity index is 0.00000133. The molecular formula is C15H15IN2O. The van der Waals surface area contributed by atoms with E-state index >= 15 is 0 Å². The van der Waals surface area contributed by atoms with Gasteiger partial charge in [0.2, 0.25) is 5.89 Å². The second-order valence-corrected chi connectivity index (χ2v) is 4.68. The smallest absolute Gasteiger partial charge is 0.227 e. The van der Waals surface area contributed by atoms with E-state index < -0.39 is 0 Å². The van der Waals surface area contributed by atoms with Crippen molar-refractivity contribution in [3.8, 4) is 11.5 Å². The summed E-state index contributed by atoms with van der Waals surface area (Å²) in [7, 11) is 1.99. The van der Waals surface area contributed by atoms with Crippen LogP contribution in [-0.4, -0.2) is 4.98 Å². The quantitative estimate of drug-likeness (QED) is 0.446. The van der Waals surface area contributed by atoms with Crippen LogP contribution in [0, 0.1) is 13.8 Å². The fraction of sp³-hybridized carbons (Fsp3) is 0.200. The predicted molar refractivity (Wildman–Crippen MR) is 70.1 cm³/mol. The fourth-order valence-corrected chi connectivity index (χ4v) is 1.95. The maximum atomic E-state index is 5.81. The number of benzene rings is 1. The van der Waals surface area contributed by atoms with Gasteiger partial charge in [0.05, 0.1) is 0 Å². The third-order valence-corrected chi connectivity index (χ3v) is 3.23. The summed E-state index contributed by atoms with van der Waals surface area (Å²) in [4.78, 5) is 4.54. The molecule has 0 aliphatic rings. The highest BCUT2D eigenvalue weighted by atomic mass is 127. The number of aromatic nitrogens is 2. The molecule has 3 nitrogen and oxygen atoms in total. The maximum Gasteiger partial charge on any atom is 0.227 e. The summed E-state index contributed by atoms with van der Waals surface area (Å²) in [6.45, 7) is 4.17. The first-order valence-electron chi connectivity index (χ1n) is 5.97. The topological polar surface area (TPSA) is 29.9 Å². The van der Waals surface area contributed by atoms with Crippen molar-refractivity contribution in [2.45, 2.75) is 13.8 Å². The molecule has 0 radical (unpaired) electrons. The van der Waals surface area contributed by atoms with Crippen molar-refractivity contribution in [1.29, 1.82) is 0 Å². The van der Waals surface area contributed by atoms with Crippen LogP contribution < -0.4 is 28.5 Å². The van der Waals surface area contributed by atoms with Gasteiger partial charge < -0.3 is 28.4 Å². The number of hydrogen-bond acceptors (Lipinski definition) is 2. The minimum Gasteiger partial charge on any atom is -1.00 e. The Labute approximate surface area is 129 Å². The average Bonchev–Trinajstić information content (AvgIpc) is 2.73. The number of oxazole rings is 1. The Morgan fingerprint density at radius 3 is 2.37 bits per heavy atom. The Hall–Kier alpha value is -1.43. The van der Waals surface area contributed by atoms with Crippen LogP contribution in [0.5, 0.6) is 0 Å². The Kier molecular flexibility index (Phi) is 3.89. The Bertz CT molecular complexity index is 678. The average molecular weight is 366 g/mol. The normalized spacial score (nSPS) is 10.5. The zero-order valence-corrected chi connectivity index (χ0v) is 13.3. The van der Waals surface area contributed by atoms with E-state index in [1.807, 2.05) is 42.2 Å². The van der Waals surface area contributed by atoms with Crippen molar-refractivity contribution >= 4 is 11.1 Å². The summed E-state index contributed by atoms with van der Waals surface area (Å²) in [5.41, 5.74) is 5.23. The molecule has 0 fully saturated rings. The molecule has 19 heavy (non-hydrogen) atoms. The second-order valence-electron chi connectivity index (χ2n) is 4.68. The van der Waals surface area contributed by atoms with Gasteiger partial charge in [0.1, 0.15) is 12.6 Å². The first-order chi connectivity index (χ1) is 8.63. The molecule has 0 N–H and O–H groups in total. The van der Waals surface area contributed by atoms with Crippen molar-refractivity contribution < 1.29 is 33.0 Å². The molecule has 0 saturated heterocycles. The van der Waals surface area contributed by atoms with Gasteiger partial charge in [0.15, 0.2) is 18.0 Å². The fourth-order valence-electron chi connectivity index (χ4n) is 1.95. The van der Waals surface area contributed by atoms with Crippen LogP contribution in [0.4, 0.5) is 0 Å². The first kappa shape index (κ1) is 14.0. The molecule has 0 aliphatic carbocycles. The van der Waals surface area contributed by atoms with E-state index in [0.717, 1.165) is 16.7 Å². The predicted octanol–water partition coefficient (Wildman–Crippen LogP) is -0.0599. The summed E-state index contributed by atoms with van der Waals surface area (Å²) in [6, 6.07) is 8.12. The first-order valence-corrected chi connectivity index (χ1v) is 5.97. The summed E-state index contributed by atoms with van der Waals surface area (Å²) in [5, 5.41) is 0. The summed E-state index contributed by atoms with van der Waals surface area (Å²) >= 11 is 0. The van der Waals surface area contributed by atoms with E-state index in [2.05, 4.69) is 24.9 Å². The molecule has 3 aromatic rings. The number of nitrogens with zero attached hydrogens (tertiary/aromatic N) is 2. The van der Waals surface area contributed by atoms with Gasteiger partial charge in [0, 0.05) is 17.7 Å². The molecule has 0 amide bonds. The summed E-state index contributed by atoms with van der Waals surface area (Å²) in [5.74, 6) is 0.676. The lowest BCUT2D eigenvalue weighted by molar-refractivity contribution is -0.671. The van der Waals surface area contributed by atoms with Crippen LogP contribution in [0.3, 0.4) is 0 Å². The van der Waals surface area contributed by atoms with Gasteiger partial charge in [-0.25, -0.2) is 9.55 Å². The van der Waals surface area contributed by atoms with E-state index in [9.17, 15) is 0 Å². The summed E-state index contributed by atoms with van der Waals surface area (Å²) < 4.78 is 7.80. The lowest BCUT2D eigenvalue weighted by atomic mass is 10.1. The maximum absolute atomic E-state index is 5.81. The number of pyridine rings is 1. The van der Waals surface area contributed by atoms with Crippen LogP contribution in [0.1, 0.15) is 11.1 Å². The van der Waals surface area contributed by atoms with Crippen molar-refractivity contribution in [1.82, 2.24) is 4.98 Å². The molecule has 2 heterocycles. The van der Waals surface area contributed by atoms with Gasteiger partial charge in [-0.3, -0.25) is 0 Å². The van der Waals surface area contributed by atoms with E-state index in [1.54, 1.807) is 0 Å². The highest BCUT2D eigenvalue weighted by molar-refractivity contribution is 5.77. The highest BCUT2D eigenvalue weighted by Crippen LogP contribution is 2.25. The van der Waals surface area contributed by atoms with Crippen molar-refractivity contribution in [2.24, 2.45) is 7.05 Å². The molecule has 2 aromatic heterocycles. The Morgan fingerprint density at radius 2 is 1.68 bits per heavy atom. The van der Waals surface area contributed by atoms with E-state index in [-0.39, 0.29) is 24.0 Å². The van der Waals surface area contributed by atoms with Gasteiger partial charge in [-0.05, 0) is 37.1 Å². The minimum absolute atomic E-state index is 0. The van der Waals surface area contributed by atoms with E-state index in [4.69, 9.17) is 4.42 Å². The second kappa shape index (κ2) is 5.28. The standard InChI is InChI=1S/C15H15N2O.HI/c1-10-8-13-14(9-11(10)2)18-15(16-13)12-4-6-17(3)7-5-12;/h4-9H,1-3H3;1H/q+1;/p-1. The van der Waals surface area contributed by atoms with Crippen molar-refractivity contribution in [3.05, 3.63) is 47.8 Å². The molecule has 4 heteroatoms. The highest BCUT2D eigenvalue weighted by Gasteiger charge is 2.10. The zero-order valence-electron chi connectivity index (χ0n) is 11.1.